The first kappa shape index (κ1) is 32.1. The summed E-state index contributed by atoms with van der Waals surface area (Å²) in [4.78, 5) is 14.6. The van der Waals surface area contributed by atoms with Crippen molar-refractivity contribution in [2.24, 2.45) is 0 Å². The Hall–Kier alpha value is -4.87. The number of rotatable bonds is 11. The monoisotopic (exact) mass is 655 g/mol. The molecule has 0 spiro atoms. The lowest BCUT2D eigenvalue weighted by Crippen LogP contribution is -2.35. The van der Waals surface area contributed by atoms with Gasteiger partial charge in [-0.25, -0.2) is 13.2 Å². The fraction of sp³-hybridized carbons (Fsp3) is 0.0750. The summed E-state index contributed by atoms with van der Waals surface area (Å²) in [6.07, 6.45) is -0.987. The summed E-state index contributed by atoms with van der Waals surface area (Å²) in [5.41, 5.74) is 2.70. The maximum absolute atomic E-state index is 14.4. The van der Waals surface area contributed by atoms with Crippen molar-refractivity contribution < 1.29 is 17.9 Å². The van der Waals surface area contributed by atoms with Crippen LogP contribution in [0.2, 0.25) is 0 Å². The third-order valence-corrected chi connectivity index (χ3v) is 11.8. The van der Waals surface area contributed by atoms with Crippen LogP contribution in [0.15, 0.2) is 175 Å². The molecule has 1 N–H and O–H groups in total. The maximum Gasteiger partial charge on any atom is 0.339 e. The minimum atomic E-state index is -4.01. The van der Waals surface area contributed by atoms with Gasteiger partial charge in [0.05, 0.1) is 16.5 Å². The van der Waals surface area contributed by atoms with Crippen LogP contribution in [0.1, 0.15) is 39.2 Å². The summed E-state index contributed by atoms with van der Waals surface area (Å²) in [5.74, 6) is -0.538. The number of hydrogen-bond acceptors (Lipinski definition) is 4. The van der Waals surface area contributed by atoms with Crippen molar-refractivity contribution in [3.63, 3.8) is 0 Å². The molecule has 2 atom stereocenters. The first-order chi connectivity index (χ1) is 22.9. The van der Waals surface area contributed by atoms with Crippen molar-refractivity contribution in [2.75, 3.05) is 0 Å². The van der Waals surface area contributed by atoms with Crippen LogP contribution in [0.5, 0.6) is 0 Å². The van der Waals surface area contributed by atoms with E-state index in [-0.39, 0.29) is 4.90 Å². The second-order valence-electron chi connectivity index (χ2n) is 11.1. The molecule has 234 valence electrons. The summed E-state index contributed by atoms with van der Waals surface area (Å²) >= 11 is 0. The number of benzene rings is 6. The molecule has 6 aromatic rings. The van der Waals surface area contributed by atoms with Crippen LogP contribution in [-0.2, 0) is 14.8 Å². The number of carbonyl (C=O) groups is 1. The number of esters is 1. The Morgan fingerprint density at radius 1 is 0.596 bits per heavy atom. The zero-order valence-corrected chi connectivity index (χ0v) is 27.5. The van der Waals surface area contributed by atoms with Gasteiger partial charge in [0.15, 0.2) is 0 Å². The van der Waals surface area contributed by atoms with E-state index >= 15 is 0 Å². The van der Waals surface area contributed by atoms with Gasteiger partial charge in [-0.1, -0.05) is 157 Å². The Balaban J connectivity index is 1.44. The van der Waals surface area contributed by atoms with Gasteiger partial charge < -0.3 is 4.74 Å². The van der Waals surface area contributed by atoms with E-state index in [2.05, 4.69) is 29.0 Å². The molecule has 0 aliphatic carbocycles. The van der Waals surface area contributed by atoms with E-state index in [1.807, 2.05) is 122 Å². The fourth-order valence-corrected chi connectivity index (χ4v) is 9.15. The fourth-order valence-electron chi connectivity index (χ4n) is 5.49. The maximum atomic E-state index is 14.4. The third-order valence-electron chi connectivity index (χ3n) is 7.83. The standard InChI is InChI=1S/C40H34NO4PS/c1-30-26-28-35(29-27-30)47(43,44)41-38(31-16-6-2-7-17-31)39(32-18-8-3-9-19-32)45-40(42)36-24-14-15-25-37(36)46(33-20-10-4-11-21-33)34-22-12-5-13-23-34/h2-29,38-39,41H,1H3. The summed E-state index contributed by atoms with van der Waals surface area (Å²) in [5, 5.41) is 3.05. The third kappa shape index (κ3) is 7.58. The molecule has 6 aromatic carbocycles. The van der Waals surface area contributed by atoms with Crippen molar-refractivity contribution in [3.8, 4) is 0 Å². The highest BCUT2D eigenvalue weighted by atomic mass is 32.2. The van der Waals surface area contributed by atoms with Gasteiger partial charge in [0, 0.05) is 0 Å². The van der Waals surface area contributed by atoms with E-state index in [4.69, 9.17) is 4.74 Å². The number of aryl methyl sites for hydroxylation is 1. The van der Waals surface area contributed by atoms with Gasteiger partial charge in [0.25, 0.3) is 0 Å². The van der Waals surface area contributed by atoms with Crippen LogP contribution in [0.25, 0.3) is 0 Å². The molecule has 0 radical (unpaired) electrons. The average Bonchev–Trinajstić information content (AvgIpc) is 3.12. The van der Waals surface area contributed by atoms with Crippen LogP contribution >= 0.6 is 7.92 Å². The molecule has 0 aromatic heterocycles. The van der Waals surface area contributed by atoms with Gasteiger partial charge in [-0.05, 0) is 60.1 Å². The molecule has 0 aliphatic heterocycles. The Morgan fingerprint density at radius 2 is 1.06 bits per heavy atom. The second kappa shape index (κ2) is 14.7. The van der Waals surface area contributed by atoms with Gasteiger partial charge in [-0.15, -0.1) is 0 Å². The van der Waals surface area contributed by atoms with Gasteiger partial charge in [-0.2, -0.15) is 4.72 Å². The number of sulfonamides is 1. The molecule has 0 saturated heterocycles. The van der Waals surface area contributed by atoms with Crippen molar-refractivity contribution in [1.29, 1.82) is 0 Å². The smallest absolute Gasteiger partial charge is 0.339 e. The highest BCUT2D eigenvalue weighted by Gasteiger charge is 2.34. The molecule has 0 fully saturated rings. The molecule has 7 heteroatoms. The summed E-state index contributed by atoms with van der Waals surface area (Å²) in [7, 11) is -5.11. The van der Waals surface area contributed by atoms with Crippen molar-refractivity contribution in [3.05, 3.63) is 192 Å². The zero-order valence-electron chi connectivity index (χ0n) is 25.8. The minimum Gasteiger partial charge on any atom is -0.452 e. The van der Waals surface area contributed by atoms with Crippen LogP contribution in [0.3, 0.4) is 0 Å². The van der Waals surface area contributed by atoms with Crippen LogP contribution < -0.4 is 20.6 Å². The van der Waals surface area contributed by atoms with E-state index in [0.29, 0.717) is 16.7 Å². The quantitative estimate of drug-likeness (QED) is 0.117. The first-order valence-corrected chi connectivity index (χ1v) is 18.1. The lowest BCUT2D eigenvalue weighted by Gasteiger charge is -2.29. The number of hydrogen-bond donors (Lipinski definition) is 1. The van der Waals surface area contributed by atoms with Crippen molar-refractivity contribution >= 4 is 39.8 Å². The van der Waals surface area contributed by atoms with Gasteiger partial charge >= 0.3 is 5.97 Å². The number of carbonyl (C=O) groups excluding carboxylic acids is 1. The second-order valence-corrected chi connectivity index (χ2v) is 15.0. The zero-order chi connectivity index (χ0) is 32.6. The van der Waals surface area contributed by atoms with Gasteiger partial charge in [0.2, 0.25) is 10.0 Å². The average molecular weight is 656 g/mol. The van der Waals surface area contributed by atoms with E-state index in [0.717, 1.165) is 21.5 Å². The van der Waals surface area contributed by atoms with Crippen LogP contribution in [-0.4, -0.2) is 14.4 Å². The lowest BCUT2D eigenvalue weighted by atomic mass is 9.96. The molecule has 0 heterocycles. The molecule has 0 aliphatic rings. The molecule has 6 rings (SSSR count). The molecule has 0 bridgehead atoms. The summed E-state index contributed by atoms with van der Waals surface area (Å²) in [6, 6.07) is 52.1. The SMILES string of the molecule is Cc1ccc(S(=O)(=O)NC(c2ccccc2)C(OC(=O)c2ccccc2P(c2ccccc2)c2ccccc2)c2ccccc2)cc1. The molecule has 2 unspecified atom stereocenters. The lowest BCUT2D eigenvalue weighted by molar-refractivity contribution is 0.0215. The van der Waals surface area contributed by atoms with Crippen molar-refractivity contribution in [1.82, 2.24) is 4.72 Å². The predicted molar refractivity (Wildman–Crippen MR) is 190 cm³/mol. The first-order valence-electron chi connectivity index (χ1n) is 15.3. The number of nitrogens with one attached hydrogen (secondary N) is 1. The normalized spacial score (nSPS) is 12.7. The molecule has 5 nitrogen and oxygen atoms in total. The van der Waals surface area contributed by atoms with Crippen molar-refractivity contribution in [2.45, 2.75) is 24.0 Å². The Labute approximate surface area is 277 Å². The largest absolute Gasteiger partial charge is 0.452 e. The minimum absolute atomic E-state index is 0.129. The predicted octanol–water partition coefficient (Wildman–Crippen LogP) is 7.37. The number of ether oxygens (including phenoxy) is 1. The summed E-state index contributed by atoms with van der Waals surface area (Å²) < 4.78 is 37.0. The Kier molecular flexibility index (Phi) is 10.0. The van der Waals surface area contributed by atoms with E-state index < -0.39 is 36.1 Å². The highest BCUT2D eigenvalue weighted by Crippen LogP contribution is 2.37. The molecular weight excluding hydrogens is 621 g/mol. The summed E-state index contributed by atoms with van der Waals surface area (Å²) in [6.45, 7) is 1.90. The molecule has 0 amide bonds. The highest BCUT2D eigenvalue weighted by molar-refractivity contribution is 7.89. The van der Waals surface area contributed by atoms with Gasteiger partial charge in [0.1, 0.15) is 6.10 Å². The Morgan fingerprint density at radius 3 is 1.62 bits per heavy atom. The van der Waals surface area contributed by atoms with E-state index in [1.165, 1.54) is 0 Å². The van der Waals surface area contributed by atoms with Crippen LogP contribution in [0.4, 0.5) is 0 Å². The van der Waals surface area contributed by atoms with Crippen LogP contribution in [0, 0.1) is 6.92 Å². The van der Waals surface area contributed by atoms with Gasteiger partial charge in [-0.3, -0.25) is 0 Å². The molecular formula is C40H34NO4PS. The molecule has 0 saturated carbocycles. The molecule has 47 heavy (non-hydrogen) atoms. The van der Waals surface area contributed by atoms with E-state index in [1.54, 1.807) is 30.3 Å². The Bertz CT molecular complexity index is 1980. The van der Waals surface area contributed by atoms with E-state index in [9.17, 15) is 13.2 Å². The topological polar surface area (TPSA) is 72.5 Å².